The minimum absolute atomic E-state index is 0.332. The molecule has 0 atom stereocenters. The third kappa shape index (κ3) is 7.61. The van der Waals surface area contributed by atoms with Gasteiger partial charge in [0.1, 0.15) is 13.1 Å². The van der Waals surface area contributed by atoms with Crippen molar-refractivity contribution < 1.29 is 43.1 Å². The van der Waals surface area contributed by atoms with E-state index >= 15 is 0 Å². The largest absolute Gasteiger partial charge is 0.463 e. The number of hydrogen-bond donors (Lipinski definition) is 0. The van der Waals surface area contributed by atoms with Gasteiger partial charge in [0.25, 0.3) is 0 Å². The quantitative estimate of drug-likeness (QED) is 0.447. The molecule has 0 radical (unpaired) electrons. The molecule has 0 spiro atoms. The second-order valence-electron chi connectivity index (χ2n) is 4.97. The molecule has 12 heteroatoms. The van der Waals surface area contributed by atoms with Crippen LogP contribution >= 0.6 is 0 Å². The summed E-state index contributed by atoms with van der Waals surface area (Å²) in [5.41, 5.74) is 0. The summed E-state index contributed by atoms with van der Waals surface area (Å²) in [7, 11) is -4.94. The fourth-order valence-corrected chi connectivity index (χ4v) is 2.28. The summed E-state index contributed by atoms with van der Waals surface area (Å²) in [5.74, 6) is 0.706. The minimum Gasteiger partial charge on any atom is -0.463 e. The molecule has 0 aliphatic carbocycles. The maximum absolute atomic E-state index is 8.49. The van der Waals surface area contributed by atoms with Crippen LogP contribution in [0.5, 0.6) is 12.0 Å². The number of likely N-dealkylation sites (N-methyl/N-ethyl adjacent to an activating group) is 1. The Kier molecular flexibility index (Phi) is 8.65. The highest BCUT2D eigenvalue weighted by atomic mass is 35.7. The van der Waals surface area contributed by atoms with Crippen LogP contribution in [0.3, 0.4) is 0 Å². The van der Waals surface area contributed by atoms with Crippen LogP contribution in [0, 0.1) is 10.2 Å². The highest BCUT2D eigenvalue weighted by Gasteiger charge is 2.35. The normalized spacial score (nSPS) is 16.6. The summed E-state index contributed by atoms with van der Waals surface area (Å²) in [6, 6.07) is 0.664. The molecule has 0 N–H and O–H groups in total. The van der Waals surface area contributed by atoms with Gasteiger partial charge in [0, 0.05) is 0 Å². The van der Waals surface area contributed by atoms with E-state index in [1.807, 2.05) is 13.8 Å². The summed E-state index contributed by atoms with van der Waals surface area (Å²) < 4.78 is 51.0. The summed E-state index contributed by atoms with van der Waals surface area (Å²) in [4.78, 5) is 13.1. The van der Waals surface area contributed by atoms with Crippen molar-refractivity contribution in [1.29, 1.82) is 0 Å². The maximum Gasteiger partial charge on any atom is 0.338 e. The number of halogens is 1. The molecule has 1 aliphatic rings. The molecule has 0 saturated carbocycles. The zero-order chi connectivity index (χ0) is 18.9. The molecule has 1 fully saturated rings. The van der Waals surface area contributed by atoms with Gasteiger partial charge in [0.05, 0.1) is 33.0 Å². The van der Waals surface area contributed by atoms with Crippen LogP contribution in [0.4, 0.5) is 5.95 Å². The molecule has 1 aromatic rings. The molecule has 1 saturated heterocycles. The molecular weight excluding hydrogens is 360 g/mol. The number of hydrogen-bond acceptors (Lipinski definition) is 10. The van der Waals surface area contributed by atoms with Crippen LogP contribution in [0.2, 0.25) is 0 Å². The molecule has 1 aromatic heterocycles. The van der Waals surface area contributed by atoms with E-state index in [0.29, 0.717) is 48.9 Å². The van der Waals surface area contributed by atoms with E-state index in [1.165, 1.54) is 0 Å². The highest BCUT2D eigenvalue weighted by Crippen LogP contribution is 2.24. The lowest BCUT2D eigenvalue weighted by atomic mass is 10.3. The molecule has 0 aromatic carbocycles. The van der Waals surface area contributed by atoms with Crippen LogP contribution in [0.1, 0.15) is 20.8 Å². The monoisotopic (exact) mass is 382 g/mol. The van der Waals surface area contributed by atoms with Crippen molar-refractivity contribution in [3.63, 3.8) is 0 Å². The van der Waals surface area contributed by atoms with Gasteiger partial charge in [-0.3, -0.25) is 4.48 Å². The smallest absolute Gasteiger partial charge is 0.338 e. The summed E-state index contributed by atoms with van der Waals surface area (Å²) in [6.07, 6.45) is 0. The number of aromatic nitrogens is 3. The van der Waals surface area contributed by atoms with E-state index < -0.39 is 10.2 Å². The van der Waals surface area contributed by atoms with Gasteiger partial charge in [-0.15, -0.1) is 25.2 Å². The van der Waals surface area contributed by atoms with Gasteiger partial charge in [-0.2, -0.15) is 0 Å². The lowest BCUT2D eigenvalue weighted by molar-refractivity contribution is -2.00. The van der Waals surface area contributed by atoms with E-state index in [2.05, 4.69) is 21.9 Å². The summed E-state index contributed by atoms with van der Waals surface area (Å²) in [6.45, 7) is 11.0. The second-order valence-corrected chi connectivity index (χ2v) is 5.72. The average molecular weight is 383 g/mol. The lowest BCUT2D eigenvalue weighted by Gasteiger charge is -2.37. The third-order valence-corrected chi connectivity index (χ3v) is 3.49. The molecule has 1 aliphatic heterocycles. The first-order valence-electron chi connectivity index (χ1n) is 7.82. The number of morpholine rings is 1. The molecular formula is C13H23ClN4O7. The minimum atomic E-state index is -4.94. The van der Waals surface area contributed by atoms with Gasteiger partial charge in [0.2, 0.25) is 0 Å². The Hall–Kier alpha value is -1.34. The Morgan fingerprint density at radius 3 is 1.72 bits per heavy atom. The SMILES string of the molecule is CCOc1nc(OCC)nc([N+]2(CC)CCOCC2)n1.[O-][Cl+3]([O-])([O-])[O-]. The van der Waals surface area contributed by atoms with Crippen molar-refractivity contribution in [2.45, 2.75) is 20.8 Å². The standard InChI is InChI=1S/C13H23N4O3.ClHO4/c1-4-17(7-9-18-10-8-17)11-14-12(19-5-2)16-13(15-11)20-6-3;2-1(3,4)5/h4-10H2,1-3H3;(H,2,3,4,5)/q+1;/p-1. The van der Waals surface area contributed by atoms with Crippen molar-refractivity contribution in [3.8, 4) is 12.0 Å². The Labute approximate surface area is 148 Å². The van der Waals surface area contributed by atoms with E-state index in [4.69, 9.17) is 32.8 Å². The van der Waals surface area contributed by atoms with Crippen LogP contribution in [0.15, 0.2) is 0 Å². The molecule has 2 heterocycles. The molecule has 0 bridgehead atoms. The fraction of sp³-hybridized carbons (Fsp3) is 0.769. The molecule has 11 nitrogen and oxygen atoms in total. The fourth-order valence-electron chi connectivity index (χ4n) is 2.28. The van der Waals surface area contributed by atoms with E-state index in [9.17, 15) is 0 Å². The first-order chi connectivity index (χ1) is 11.7. The molecule has 25 heavy (non-hydrogen) atoms. The zero-order valence-electron chi connectivity index (χ0n) is 14.5. The number of nitrogens with zero attached hydrogens (tertiary/aromatic N) is 4. The van der Waals surface area contributed by atoms with Gasteiger partial charge < -0.3 is 14.2 Å². The van der Waals surface area contributed by atoms with Gasteiger partial charge >= 0.3 is 18.0 Å². The van der Waals surface area contributed by atoms with Gasteiger partial charge in [-0.25, -0.2) is 18.6 Å². The first-order valence-corrected chi connectivity index (χ1v) is 9.05. The molecule has 144 valence electrons. The Morgan fingerprint density at radius 1 is 0.920 bits per heavy atom. The van der Waals surface area contributed by atoms with Crippen molar-refractivity contribution in [2.75, 3.05) is 46.1 Å². The van der Waals surface area contributed by atoms with E-state index in [0.717, 1.165) is 19.6 Å². The number of quaternary nitrogens is 1. The van der Waals surface area contributed by atoms with Crippen LogP contribution < -0.4 is 32.6 Å². The molecule has 0 amide bonds. The van der Waals surface area contributed by atoms with Gasteiger partial charge in [-0.1, -0.05) is 0 Å². The predicted molar refractivity (Wildman–Crippen MR) is 75.1 cm³/mol. The van der Waals surface area contributed by atoms with Gasteiger partial charge in [0.15, 0.2) is 0 Å². The molecule has 2 rings (SSSR count). The van der Waals surface area contributed by atoms with Crippen molar-refractivity contribution >= 4 is 5.95 Å². The van der Waals surface area contributed by atoms with Crippen molar-refractivity contribution in [2.24, 2.45) is 0 Å². The van der Waals surface area contributed by atoms with E-state index in [1.54, 1.807) is 0 Å². The van der Waals surface area contributed by atoms with E-state index in [-0.39, 0.29) is 0 Å². The van der Waals surface area contributed by atoms with Crippen molar-refractivity contribution in [3.05, 3.63) is 0 Å². The number of rotatable bonds is 6. The second kappa shape index (κ2) is 9.97. The van der Waals surface area contributed by atoms with Crippen LogP contribution in [-0.2, 0) is 4.74 Å². The Morgan fingerprint density at radius 2 is 1.36 bits per heavy atom. The molecule has 0 unspecified atom stereocenters. The average Bonchev–Trinajstić information content (AvgIpc) is 2.54. The zero-order valence-corrected chi connectivity index (χ0v) is 15.2. The Bertz CT molecular complexity index is 493. The first kappa shape index (κ1) is 21.7. The van der Waals surface area contributed by atoms with Crippen molar-refractivity contribution in [1.82, 2.24) is 19.4 Å². The van der Waals surface area contributed by atoms with Gasteiger partial charge in [-0.05, 0) is 20.8 Å². The third-order valence-electron chi connectivity index (χ3n) is 3.49. The Balaban J connectivity index is 0.000000550. The predicted octanol–water partition coefficient (Wildman–Crippen LogP) is -3.73. The topological polar surface area (TPSA) is 159 Å². The highest BCUT2D eigenvalue weighted by molar-refractivity contribution is 5.29. The summed E-state index contributed by atoms with van der Waals surface area (Å²) >= 11 is 0. The lowest BCUT2D eigenvalue weighted by Crippen LogP contribution is -2.68. The van der Waals surface area contributed by atoms with Crippen LogP contribution in [-0.4, -0.2) is 61.0 Å². The van der Waals surface area contributed by atoms with Crippen LogP contribution in [0.25, 0.3) is 0 Å². The summed E-state index contributed by atoms with van der Waals surface area (Å²) in [5, 5.41) is 0. The maximum atomic E-state index is 8.49. The number of ether oxygens (including phenoxy) is 3.